The Kier molecular flexibility index (Phi) is 5.46. The molecule has 1 aromatic carbocycles. The number of benzene rings is 1. The monoisotopic (exact) mass is 373 g/mol. The van der Waals surface area contributed by atoms with Crippen molar-refractivity contribution in [1.82, 2.24) is 0 Å². The van der Waals surface area contributed by atoms with Gasteiger partial charge in [0.2, 0.25) is 0 Å². The number of thiophene rings is 1. The van der Waals surface area contributed by atoms with Gasteiger partial charge in [0, 0.05) is 11.2 Å². The van der Waals surface area contributed by atoms with Crippen LogP contribution in [0, 0.1) is 6.92 Å². The molecule has 0 radical (unpaired) electrons. The van der Waals surface area contributed by atoms with Crippen molar-refractivity contribution in [1.29, 1.82) is 0 Å². The van der Waals surface area contributed by atoms with Gasteiger partial charge < -0.3 is 5.11 Å². The number of aliphatic hydroxyl groups is 1. The van der Waals surface area contributed by atoms with E-state index < -0.39 is 23.3 Å². The Morgan fingerprint density at radius 3 is 2.58 bits per heavy atom. The van der Waals surface area contributed by atoms with Gasteiger partial charge in [0.25, 0.3) is 5.78 Å². The van der Waals surface area contributed by atoms with Crippen molar-refractivity contribution >= 4 is 46.4 Å². The molecule has 0 bridgehead atoms. The third-order valence-corrected chi connectivity index (χ3v) is 4.29. The summed E-state index contributed by atoms with van der Waals surface area (Å²) in [5.74, 6) is -2.94. The van der Waals surface area contributed by atoms with Gasteiger partial charge in [0.05, 0.1) is 16.1 Å². The number of aliphatic imine (C=N–C) groups is 1. The number of ketones is 1. The van der Waals surface area contributed by atoms with Crippen LogP contribution >= 0.6 is 22.9 Å². The molecule has 0 fully saturated rings. The molecular formula is C16H11ClF3NO2S. The predicted molar refractivity (Wildman–Crippen MR) is 89.3 cm³/mol. The third kappa shape index (κ3) is 4.24. The maximum absolute atomic E-state index is 12.8. The van der Waals surface area contributed by atoms with Crippen molar-refractivity contribution in [3.8, 4) is 0 Å². The summed E-state index contributed by atoms with van der Waals surface area (Å²) in [4.78, 5) is 15.6. The number of hydrogen-bond acceptors (Lipinski definition) is 4. The Hall–Kier alpha value is -2.12. The van der Waals surface area contributed by atoms with Gasteiger partial charge >= 0.3 is 6.18 Å². The minimum atomic E-state index is -5.13. The molecule has 3 nitrogen and oxygen atoms in total. The van der Waals surface area contributed by atoms with Crippen molar-refractivity contribution in [3.05, 3.63) is 56.7 Å². The van der Waals surface area contributed by atoms with Crippen LogP contribution in [0.1, 0.15) is 10.4 Å². The van der Waals surface area contributed by atoms with Crippen molar-refractivity contribution < 1.29 is 23.1 Å². The quantitative estimate of drug-likeness (QED) is 0.436. The SMILES string of the molecule is Cc1ccc(N=C/C(C(=O)C(F)(F)F)=C(/O)c2cccs2)cc1Cl. The maximum Gasteiger partial charge on any atom is 0.455 e. The molecule has 8 heteroatoms. The fourth-order valence-corrected chi connectivity index (χ4v) is 2.58. The van der Waals surface area contributed by atoms with Crippen molar-refractivity contribution in [3.63, 3.8) is 0 Å². The first kappa shape index (κ1) is 18.2. The standard InChI is InChI=1S/C16H11ClF3NO2S/c1-9-4-5-10(7-12(9)17)21-8-11(15(23)16(18,19)20)14(22)13-3-2-6-24-13/h2-8,22H,1H3/b14-11-,21-8?. The lowest BCUT2D eigenvalue weighted by molar-refractivity contribution is -0.165. The summed E-state index contributed by atoms with van der Waals surface area (Å²) in [6, 6.07) is 7.58. The van der Waals surface area contributed by atoms with Gasteiger partial charge in [-0.1, -0.05) is 23.7 Å². The van der Waals surface area contributed by atoms with Gasteiger partial charge in [-0.15, -0.1) is 11.3 Å². The van der Waals surface area contributed by atoms with E-state index in [4.69, 9.17) is 11.6 Å². The van der Waals surface area contributed by atoms with Crippen LogP contribution in [0.5, 0.6) is 0 Å². The van der Waals surface area contributed by atoms with Gasteiger partial charge in [-0.25, -0.2) is 0 Å². The lowest BCUT2D eigenvalue weighted by Crippen LogP contribution is -2.26. The number of halogens is 4. The highest BCUT2D eigenvalue weighted by Crippen LogP contribution is 2.28. The summed E-state index contributed by atoms with van der Waals surface area (Å²) in [7, 11) is 0. The van der Waals surface area contributed by atoms with E-state index >= 15 is 0 Å². The second kappa shape index (κ2) is 7.19. The number of alkyl halides is 3. The fourth-order valence-electron chi connectivity index (χ4n) is 1.73. The Bertz CT molecular complexity index is 811. The number of carbonyl (C=O) groups excluding carboxylic acids is 1. The van der Waals surface area contributed by atoms with Crippen LogP contribution in [-0.4, -0.2) is 23.3 Å². The van der Waals surface area contributed by atoms with Crippen LogP contribution in [0.4, 0.5) is 18.9 Å². The van der Waals surface area contributed by atoms with Gasteiger partial charge in [-0.3, -0.25) is 9.79 Å². The molecule has 0 spiro atoms. The maximum atomic E-state index is 12.8. The van der Waals surface area contributed by atoms with E-state index in [0.717, 1.165) is 16.9 Å². The summed E-state index contributed by atoms with van der Waals surface area (Å²) in [6.07, 6.45) is -4.43. The summed E-state index contributed by atoms with van der Waals surface area (Å²) >= 11 is 6.93. The molecule has 0 aliphatic heterocycles. The van der Waals surface area contributed by atoms with Crippen molar-refractivity contribution in [2.75, 3.05) is 0 Å². The first-order valence-electron chi connectivity index (χ1n) is 6.59. The van der Waals surface area contributed by atoms with E-state index in [1.807, 2.05) is 0 Å². The molecule has 0 amide bonds. The smallest absolute Gasteiger partial charge is 0.455 e. The Morgan fingerprint density at radius 2 is 2.04 bits per heavy atom. The highest BCUT2D eigenvalue weighted by Gasteiger charge is 2.41. The number of Topliss-reactive ketones (excluding diaryl/α,β-unsaturated/α-hetero) is 1. The highest BCUT2D eigenvalue weighted by atomic mass is 35.5. The van der Waals surface area contributed by atoms with E-state index in [9.17, 15) is 23.1 Å². The number of allylic oxidation sites excluding steroid dienone is 1. The Balaban J connectivity index is 2.47. The lowest BCUT2D eigenvalue weighted by Gasteiger charge is -2.08. The molecule has 0 aliphatic carbocycles. The van der Waals surface area contributed by atoms with E-state index in [-0.39, 0.29) is 10.6 Å². The van der Waals surface area contributed by atoms with Crippen molar-refractivity contribution in [2.45, 2.75) is 13.1 Å². The molecule has 1 heterocycles. The number of nitrogens with zero attached hydrogens (tertiary/aromatic N) is 1. The van der Waals surface area contributed by atoms with Crippen LogP contribution in [0.25, 0.3) is 5.76 Å². The van der Waals surface area contributed by atoms with E-state index in [1.54, 1.807) is 24.4 Å². The minimum Gasteiger partial charge on any atom is -0.506 e. The van der Waals surface area contributed by atoms with E-state index in [0.29, 0.717) is 11.2 Å². The van der Waals surface area contributed by atoms with Gasteiger partial charge in [0.15, 0.2) is 0 Å². The van der Waals surface area contributed by atoms with E-state index in [1.165, 1.54) is 18.2 Å². The predicted octanol–water partition coefficient (Wildman–Crippen LogP) is 5.51. The highest BCUT2D eigenvalue weighted by molar-refractivity contribution is 7.11. The second-order valence-electron chi connectivity index (χ2n) is 4.76. The molecule has 24 heavy (non-hydrogen) atoms. The normalized spacial score (nSPS) is 13.2. The summed E-state index contributed by atoms with van der Waals surface area (Å²) in [5.41, 5.74) is 0.109. The van der Waals surface area contributed by atoms with Gasteiger partial charge in [-0.2, -0.15) is 13.2 Å². The number of aryl methyl sites for hydroxylation is 1. The molecule has 0 saturated carbocycles. The Morgan fingerprint density at radius 1 is 1.33 bits per heavy atom. The average Bonchev–Trinajstić information content (AvgIpc) is 3.04. The zero-order valence-electron chi connectivity index (χ0n) is 12.3. The molecule has 126 valence electrons. The third-order valence-electron chi connectivity index (χ3n) is 3.01. The summed E-state index contributed by atoms with van der Waals surface area (Å²) in [5, 5.41) is 12.0. The second-order valence-corrected chi connectivity index (χ2v) is 6.11. The van der Waals surface area contributed by atoms with Crippen molar-refractivity contribution in [2.24, 2.45) is 4.99 Å². The van der Waals surface area contributed by atoms with Crippen LogP contribution in [0.3, 0.4) is 0 Å². The zero-order valence-corrected chi connectivity index (χ0v) is 13.8. The minimum absolute atomic E-state index is 0.135. The molecular weight excluding hydrogens is 363 g/mol. The average molecular weight is 374 g/mol. The number of hydrogen-bond donors (Lipinski definition) is 1. The number of rotatable bonds is 4. The van der Waals surface area contributed by atoms with Crippen LogP contribution in [-0.2, 0) is 4.79 Å². The molecule has 0 unspecified atom stereocenters. The largest absolute Gasteiger partial charge is 0.506 e. The molecule has 0 saturated heterocycles. The van der Waals surface area contributed by atoms with Gasteiger partial charge in [0.1, 0.15) is 5.76 Å². The zero-order chi connectivity index (χ0) is 17.9. The summed E-state index contributed by atoms with van der Waals surface area (Å²) in [6.45, 7) is 1.76. The number of carbonyl (C=O) groups is 1. The lowest BCUT2D eigenvalue weighted by atomic mass is 10.1. The fraction of sp³-hybridized carbons (Fsp3) is 0.125. The van der Waals surface area contributed by atoms with Crippen LogP contribution < -0.4 is 0 Å². The molecule has 0 atom stereocenters. The topological polar surface area (TPSA) is 49.7 Å². The number of aliphatic hydroxyl groups excluding tert-OH is 1. The molecule has 2 aromatic rings. The first-order valence-corrected chi connectivity index (χ1v) is 7.84. The molecule has 2 rings (SSSR count). The molecule has 1 aromatic heterocycles. The molecule has 0 aliphatic rings. The Labute approximate surface area is 144 Å². The summed E-state index contributed by atoms with van der Waals surface area (Å²) < 4.78 is 38.3. The molecule has 1 N–H and O–H groups in total. The van der Waals surface area contributed by atoms with E-state index in [2.05, 4.69) is 4.99 Å². The van der Waals surface area contributed by atoms with Crippen LogP contribution in [0.2, 0.25) is 5.02 Å². The van der Waals surface area contributed by atoms with Gasteiger partial charge in [-0.05, 0) is 36.1 Å². The van der Waals surface area contributed by atoms with Crippen LogP contribution in [0.15, 0.2) is 46.3 Å². The first-order chi connectivity index (χ1) is 11.2.